The maximum absolute atomic E-state index is 14.2. The molecule has 34 heavy (non-hydrogen) atoms. The maximum Gasteiger partial charge on any atom is 0.251 e. The van der Waals surface area contributed by atoms with Gasteiger partial charge in [-0.1, -0.05) is 39.0 Å². The highest BCUT2D eigenvalue weighted by atomic mass is 19.1. The van der Waals surface area contributed by atoms with Gasteiger partial charge >= 0.3 is 0 Å². The molecule has 1 aliphatic rings. The lowest BCUT2D eigenvalue weighted by molar-refractivity contribution is -0.124. The molecule has 0 radical (unpaired) electrons. The van der Waals surface area contributed by atoms with E-state index >= 15 is 0 Å². The highest BCUT2D eigenvalue weighted by molar-refractivity contribution is 5.99. The smallest absolute Gasteiger partial charge is 0.251 e. The Labute approximate surface area is 203 Å². The lowest BCUT2D eigenvalue weighted by Gasteiger charge is -2.38. The quantitative estimate of drug-likeness (QED) is 0.579. The van der Waals surface area contributed by atoms with E-state index in [1.54, 1.807) is 6.07 Å². The van der Waals surface area contributed by atoms with Crippen LogP contribution in [0.2, 0.25) is 0 Å². The van der Waals surface area contributed by atoms with Gasteiger partial charge in [0, 0.05) is 36.8 Å². The second-order valence-electron chi connectivity index (χ2n) is 9.49. The third-order valence-corrected chi connectivity index (χ3v) is 6.91. The fourth-order valence-electron chi connectivity index (χ4n) is 5.10. The van der Waals surface area contributed by atoms with E-state index in [9.17, 15) is 14.0 Å². The first-order valence-corrected chi connectivity index (χ1v) is 12.4. The molecule has 2 amide bonds. The number of carbonyl (C=O) groups excluding carboxylic acids is 2. The van der Waals surface area contributed by atoms with Gasteiger partial charge in [-0.2, -0.15) is 0 Å². The fourth-order valence-corrected chi connectivity index (χ4v) is 5.10. The van der Waals surface area contributed by atoms with Crippen LogP contribution >= 0.6 is 0 Å². The van der Waals surface area contributed by atoms with E-state index in [0.29, 0.717) is 30.6 Å². The van der Waals surface area contributed by atoms with Gasteiger partial charge in [0.15, 0.2) is 0 Å². The van der Waals surface area contributed by atoms with Gasteiger partial charge in [-0.15, -0.1) is 0 Å². The summed E-state index contributed by atoms with van der Waals surface area (Å²) >= 11 is 0. The summed E-state index contributed by atoms with van der Waals surface area (Å²) in [6.45, 7) is 14.0. The summed E-state index contributed by atoms with van der Waals surface area (Å²) in [6, 6.07) is 10.6. The molecule has 184 valence electrons. The van der Waals surface area contributed by atoms with E-state index in [2.05, 4.69) is 24.1 Å². The average molecular weight is 468 g/mol. The van der Waals surface area contributed by atoms with Crippen molar-refractivity contribution in [2.75, 3.05) is 37.6 Å². The Morgan fingerprint density at radius 2 is 1.79 bits per heavy atom. The number of amides is 2. The van der Waals surface area contributed by atoms with Gasteiger partial charge in [-0.3, -0.25) is 9.59 Å². The van der Waals surface area contributed by atoms with Crippen LogP contribution < -0.4 is 10.2 Å². The van der Waals surface area contributed by atoms with Gasteiger partial charge in [0.25, 0.3) is 5.91 Å². The zero-order valence-corrected chi connectivity index (χ0v) is 21.2. The van der Waals surface area contributed by atoms with Gasteiger partial charge < -0.3 is 15.1 Å². The molecular formula is C28H38FN3O2. The molecule has 0 bridgehead atoms. The number of likely N-dealkylation sites (N-methyl/N-ethyl adjacent to an activating group) is 1. The highest BCUT2D eigenvalue weighted by Crippen LogP contribution is 2.34. The van der Waals surface area contributed by atoms with Gasteiger partial charge in [0.1, 0.15) is 5.82 Å². The number of hydrogen-bond donors (Lipinski definition) is 1. The molecule has 1 N–H and O–H groups in total. The van der Waals surface area contributed by atoms with Crippen molar-refractivity contribution in [3.05, 3.63) is 64.5 Å². The number of halogens is 1. The molecule has 0 unspecified atom stereocenters. The van der Waals surface area contributed by atoms with Gasteiger partial charge in [-0.05, 0) is 80.6 Å². The molecule has 0 saturated carbocycles. The molecule has 2 aromatic carbocycles. The van der Waals surface area contributed by atoms with Crippen molar-refractivity contribution in [2.24, 2.45) is 11.8 Å². The number of anilines is 1. The molecule has 2 atom stereocenters. The molecule has 1 heterocycles. The standard InChI is InChI=1S/C28H38FN3O2/c1-6-31(7-2)13-12-30-27(33)24-15-19(3)26(20(4)16-24)32-18-22(14-21(5)28(32)34)17-23-10-8-9-11-25(23)29/h8-11,15-16,21-22H,6-7,12-14,17-18H2,1-5H3,(H,30,33)/t21-,22-/m1/s1. The number of piperidine rings is 1. The SMILES string of the molecule is CCN(CC)CCNC(=O)c1cc(C)c(N2C[C@@H](Cc3ccccc3F)C[C@@H](C)C2=O)c(C)c1. The Hall–Kier alpha value is -2.73. The molecule has 3 rings (SSSR count). The van der Waals surface area contributed by atoms with E-state index in [1.165, 1.54) is 6.07 Å². The Bertz CT molecular complexity index is 995. The van der Waals surface area contributed by atoms with E-state index < -0.39 is 0 Å². The van der Waals surface area contributed by atoms with Crippen LogP contribution in [0.4, 0.5) is 10.1 Å². The molecule has 6 heteroatoms. The Kier molecular flexibility index (Phi) is 8.84. The number of aryl methyl sites for hydroxylation is 2. The Morgan fingerprint density at radius 3 is 2.41 bits per heavy atom. The van der Waals surface area contributed by atoms with Crippen molar-refractivity contribution in [1.29, 1.82) is 0 Å². The van der Waals surface area contributed by atoms with Gasteiger partial charge in [-0.25, -0.2) is 4.39 Å². The third kappa shape index (κ3) is 6.03. The average Bonchev–Trinajstić information content (AvgIpc) is 2.80. The summed E-state index contributed by atoms with van der Waals surface area (Å²) in [6.07, 6.45) is 1.35. The molecule has 2 aromatic rings. The van der Waals surface area contributed by atoms with Crippen molar-refractivity contribution in [1.82, 2.24) is 10.2 Å². The lowest BCUT2D eigenvalue weighted by Crippen LogP contribution is -2.46. The number of benzene rings is 2. The zero-order valence-electron chi connectivity index (χ0n) is 21.2. The van der Waals surface area contributed by atoms with Crippen molar-refractivity contribution in [2.45, 2.75) is 47.5 Å². The van der Waals surface area contributed by atoms with Crippen molar-refractivity contribution in [3.8, 4) is 0 Å². The molecule has 1 saturated heterocycles. The normalized spacial score (nSPS) is 18.4. The minimum absolute atomic E-state index is 0.0902. The summed E-state index contributed by atoms with van der Waals surface area (Å²) in [5, 5.41) is 3.01. The minimum Gasteiger partial charge on any atom is -0.351 e. The first kappa shape index (κ1) is 25.9. The topological polar surface area (TPSA) is 52.7 Å². The van der Waals surface area contributed by atoms with Crippen molar-refractivity contribution < 1.29 is 14.0 Å². The molecule has 5 nitrogen and oxygen atoms in total. The Morgan fingerprint density at radius 1 is 1.15 bits per heavy atom. The number of nitrogens with zero attached hydrogens (tertiary/aromatic N) is 2. The second-order valence-corrected chi connectivity index (χ2v) is 9.49. The molecule has 0 aromatic heterocycles. The van der Waals surface area contributed by atoms with E-state index in [4.69, 9.17) is 0 Å². The van der Waals surface area contributed by atoms with Crippen LogP contribution in [0.5, 0.6) is 0 Å². The van der Waals surface area contributed by atoms with Crippen molar-refractivity contribution in [3.63, 3.8) is 0 Å². The summed E-state index contributed by atoms with van der Waals surface area (Å²) in [7, 11) is 0. The first-order chi connectivity index (χ1) is 16.2. The predicted octanol–water partition coefficient (Wildman–Crippen LogP) is 4.75. The van der Waals surface area contributed by atoms with Crippen LogP contribution in [-0.2, 0) is 11.2 Å². The summed E-state index contributed by atoms with van der Waals surface area (Å²) in [5.74, 6) is -0.158. The van der Waals surface area contributed by atoms with E-state index in [-0.39, 0.29) is 29.5 Å². The molecule has 0 spiro atoms. The number of hydrogen-bond acceptors (Lipinski definition) is 3. The second kappa shape index (κ2) is 11.6. The van der Waals surface area contributed by atoms with Crippen LogP contribution in [0.1, 0.15) is 54.2 Å². The highest BCUT2D eigenvalue weighted by Gasteiger charge is 2.34. The number of nitrogens with one attached hydrogen (secondary N) is 1. The third-order valence-electron chi connectivity index (χ3n) is 6.91. The van der Waals surface area contributed by atoms with E-state index in [1.807, 2.05) is 49.9 Å². The summed E-state index contributed by atoms with van der Waals surface area (Å²) in [4.78, 5) is 30.0. The predicted molar refractivity (Wildman–Crippen MR) is 136 cm³/mol. The fraction of sp³-hybridized carbons (Fsp3) is 0.500. The number of rotatable bonds is 9. The summed E-state index contributed by atoms with van der Waals surface area (Å²) in [5.41, 5.74) is 3.98. The largest absolute Gasteiger partial charge is 0.351 e. The Balaban J connectivity index is 1.76. The number of carbonyl (C=O) groups is 2. The van der Waals surface area contributed by atoms with E-state index in [0.717, 1.165) is 42.9 Å². The van der Waals surface area contributed by atoms with Crippen molar-refractivity contribution >= 4 is 17.5 Å². The molecule has 1 aliphatic heterocycles. The lowest BCUT2D eigenvalue weighted by atomic mass is 9.84. The van der Waals surface area contributed by atoms with Crippen LogP contribution in [0, 0.1) is 31.5 Å². The summed E-state index contributed by atoms with van der Waals surface area (Å²) < 4.78 is 14.2. The van der Waals surface area contributed by atoms with Gasteiger partial charge in [0.2, 0.25) is 5.91 Å². The van der Waals surface area contributed by atoms with Gasteiger partial charge in [0.05, 0.1) is 0 Å². The van der Waals surface area contributed by atoms with Crippen LogP contribution in [0.15, 0.2) is 36.4 Å². The monoisotopic (exact) mass is 467 g/mol. The minimum atomic E-state index is -0.192. The molecule has 1 fully saturated rings. The zero-order chi connectivity index (χ0) is 24.8. The van der Waals surface area contributed by atoms with Crippen LogP contribution in [0.3, 0.4) is 0 Å². The van der Waals surface area contributed by atoms with Crippen LogP contribution in [-0.4, -0.2) is 49.4 Å². The molecule has 0 aliphatic carbocycles. The van der Waals surface area contributed by atoms with Crippen LogP contribution in [0.25, 0.3) is 0 Å². The maximum atomic E-state index is 14.2. The molecular weight excluding hydrogens is 429 g/mol. The first-order valence-electron chi connectivity index (χ1n) is 12.4.